The van der Waals surface area contributed by atoms with Crippen LogP contribution in [0.2, 0.25) is 0 Å². The van der Waals surface area contributed by atoms with Gasteiger partial charge in [0.1, 0.15) is 11.8 Å². The highest BCUT2D eigenvalue weighted by molar-refractivity contribution is 9.10. The highest BCUT2D eigenvalue weighted by atomic mass is 79.9. The number of carbonyl (C=O) groups is 1. The van der Waals surface area contributed by atoms with Gasteiger partial charge in [0.2, 0.25) is 0 Å². The van der Waals surface area contributed by atoms with E-state index in [1.807, 2.05) is 30.4 Å². The van der Waals surface area contributed by atoms with Gasteiger partial charge < -0.3 is 15.4 Å². The highest BCUT2D eigenvalue weighted by Crippen LogP contribution is 2.26. The minimum atomic E-state index is -0.0580. The Morgan fingerprint density at radius 1 is 1.63 bits per heavy atom. The Balaban J connectivity index is 2.54. The van der Waals surface area contributed by atoms with E-state index in [0.29, 0.717) is 6.54 Å². The van der Waals surface area contributed by atoms with E-state index in [2.05, 4.69) is 27.2 Å². The van der Waals surface area contributed by atoms with Gasteiger partial charge in [0.25, 0.3) is 5.91 Å². The Kier molecular flexibility index (Phi) is 6.40. The Morgan fingerprint density at radius 3 is 2.95 bits per heavy atom. The summed E-state index contributed by atoms with van der Waals surface area (Å²) in [4.78, 5) is 11.4. The number of benzene rings is 1. The second-order valence-corrected chi connectivity index (χ2v) is 4.96. The van der Waals surface area contributed by atoms with E-state index in [1.54, 1.807) is 7.11 Å². The van der Waals surface area contributed by atoms with E-state index in [1.165, 1.54) is 0 Å². The minimum Gasteiger partial charge on any atom is -0.496 e. The molecular formula is C14H18BrN2O2+. The number of rotatable bonds is 6. The second kappa shape index (κ2) is 7.82. The van der Waals surface area contributed by atoms with Crippen LogP contribution in [-0.2, 0) is 4.79 Å². The second-order valence-electron chi connectivity index (χ2n) is 4.10. The van der Waals surface area contributed by atoms with E-state index in [9.17, 15) is 4.79 Å². The molecule has 1 atom stereocenters. The standard InChI is InChI=1S/C14H17BrN2O2/c1-4-7-16-14(18)9-17-10(2)11-5-6-13(19-3)12(15)8-11/h1,5-6,8,10,17H,7,9H2,2-3H3,(H,16,18)/p+1/t10-/m1/s1. The van der Waals surface area contributed by atoms with Crippen molar-refractivity contribution in [3.8, 4) is 18.1 Å². The maximum atomic E-state index is 11.4. The van der Waals surface area contributed by atoms with Crippen LogP contribution in [0.25, 0.3) is 0 Å². The molecule has 0 aliphatic heterocycles. The maximum Gasteiger partial charge on any atom is 0.275 e. The number of nitrogens with one attached hydrogen (secondary N) is 1. The third kappa shape index (κ3) is 4.93. The molecule has 3 N–H and O–H groups in total. The Labute approximate surface area is 122 Å². The van der Waals surface area contributed by atoms with Gasteiger partial charge in [-0.15, -0.1) is 6.42 Å². The van der Waals surface area contributed by atoms with Crippen molar-refractivity contribution in [1.82, 2.24) is 5.32 Å². The first-order valence-electron chi connectivity index (χ1n) is 5.95. The Hall–Kier alpha value is -1.51. The molecule has 19 heavy (non-hydrogen) atoms. The van der Waals surface area contributed by atoms with Gasteiger partial charge in [-0.3, -0.25) is 4.79 Å². The summed E-state index contributed by atoms with van der Waals surface area (Å²) < 4.78 is 6.09. The number of hydrogen-bond acceptors (Lipinski definition) is 2. The summed E-state index contributed by atoms with van der Waals surface area (Å²) in [5, 5.41) is 4.59. The van der Waals surface area contributed by atoms with E-state index in [4.69, 9.17) is 11.2 Å². The van der Waals surface area contributed by atoms with Gasteiger partial charge in [0, 0.05) is 5.56 Å². The lowest BCUT2D eigenvalue weighted by molar-refractivity contribution is -0.682. The van der Waals surface area contributed by atoms with Crippen LogP contribution < -0.4 is 15.4 Å². The van der Waals surface area contributed by atoms with Gasteiger partial charge >= 0.3 is 0 Å². The smallest absolute Gasteiger partial charge is 0.275 e. The van der Waals surface area contributed by atoms with Crippen LogP contribution >= 0.6 is 15.9 Å². The quantitative estimate of drug-likeness (QED) is 0.761. The van der Waals surface area contributed by atoms with Crippen LogP contribution in [0.3, 0.4) is 0 Å². The third-order valence-electron chi connectivity index (χ3n) is 2.75. The van der Waals surface area contributed by atoms with Gasteiger partial charge in [0.15, 0.2) is 6.54 Å². The first-order valence-corrected chi connectivity index (χ1v) is 6.74. The summed E-state index contributed by atoms with van der Waals surface area (Å²) in [6.45, 7) is 2.67. The van der Waals surface area contributed by atoms with E-state index < -0.39 is 0 Å². The van der Waals surface area contributed by atoms with Crippen molar-refractivity contribution in [2.75, 3.05) is 20.2 Å². The fourth-order valence-electron chi connectivity index (χ4n) is 1.61. The van der Waals surface area contributed by atoms with Crippen molar-refractivity contribution in [2.45, 2.75) is 13.0 Å². The first-order chi connectivity index (χ1) is 9.08. The SMILES string of the molecule is C#CCNC(=O)C[NH2+][C@H](C)c1ccc(OC)c(Br)c1. The van der Waals surface area contributed by atoms with E-state index >= 15 is 0 Å². The molecule has 0 radical (unpaired) electrons. The summed E-state index contributed by atoms with van der Waals surface area (Å²) >= 11 is 3.45. The fourth-order valence-corrected chi connectivity index (χ4v) is 2.17. The first kappa shape index (κ1) is 15.5. The van der Waals surface area contributed by atoms with Crippen LogP contribution in [0.1, 0.15) is 18.5 Å². The number of methoxy groups -OCH3 is 1. The molecule has 0 bridgehead atoms. The maximum absolute atomic E-state index is 11.4. The number of nitrogens with two attached hydrogens (primary N) is 1. The molecule has 0 aromatic heterocycles. The van der Waals surface area contributed by atoms with Crippen molar-refractivity contribution in [3.05, 3.63) is 28.2 Å². The average molecular weight is 326 g/mol. The van der Waals surface area contributed by atoms with Crippen LogP contribution in [0.5, 0.6) is 5.75 Å². The normalized spacial score (nSPS) is 11.5. The average Bonchev–Trinajstić information content (AvgIpc) is 2.42. The summed E-state index contributed by atoms with van der Waals surface area (Å²) in [7, 11) is 1.63. The van der Waals surface area contributed by atoms with Crippen LogP contribution in [0, 0.1) is 12.3 Å². The van der Waals surface area contributed by atoms with E-state index in [-0.39, 0.29) is 18.5 Å². The molecule has 1 rings (SSSR count). The zero-order valence-corrected chi connectivity index (χ0v) is 12.7. The van der Waals surface area contributed by atoms with Gasteiger partial charge in [-0.25, -0.2) is 0 Å². The lowest BCUT2D eigenvalue weighted by Crippen LogP contribution is -2.87. The summed E-state index contributed by atoms with van der Waals surface area (Å²) in [6.07, 6.45) is 5.08. The van der Waals surface area contributed by atoms with Gasteiger partial charge in [-0.05, 0) is 41.1 Å². The Morgan fingerprint density at radius 2 is 2.37 bits per heavy atom. The van der Waals surface area contributed by atoms with Crippen molar-refractivity contribution < 1.29 is 14.8 Å². The number of halogens is 1. The molecule has 1 aromatic carbocycles. The predicted octanol–water partition coefficient (Wildman–Crippen LogP) is 0.831. The summed E-state index contributed by atoms with van der Waals surface area (Å²) in [5.41, 5.74) is 1.12. The number of amides is 1. The van der Waals surface area contributed by atoms with Crippen molar-refractivity contribution in [3.63, 3.8) is 0 Å². The number of ether oxygens (including phenoxy) is 1. The molecule has 0 saturated heterocycles. The summed E-state index contributed by atoms with van der Waals surface area (Å²) in [6, 6.07) is 6.07. The van der Waals surface area contributed by atoms with Crippen LogP contribution in [0.4, 0.5) is 0 Å². The topological polar surface area (TPSA) is 54.9 Å². The molecule has 0 fully saturated rings. The molecule has 1 aromatic rings. The molecule has 0 spiro atoms. The molecular weight excluding hydrogens is 308 g/mol. The largest absolute Gasteiger partial charge is 0.496 e. The van der Waals surface area contributed by atoms with Gasteiger partial charge in [-0.1, -0.05) is 5.92 Å². The fraction of sp³-hybridized carbons (Fsp3) is 0.357. The zero-order chi connectivity index (χ0) is 14.3. The number of terminal acetylenes is 1. The number of carbonyl (C=O) groups excluding carboxylic acids is 1. The monoisotopic (exact) mass is 325 g/mol. The van der Waals surface area contributed by atoms with Crippen LogP contribution in [-0.4, -0.2) is 26.1 Å². The Bertz CT molecular complexity index is 483. The lowest BCUT2D eigenvalue weighted by Gasteiger charge is -2.12. The molecule has 1 amide bonds. The van der Waals surface area contributed by atoms with Crippen molar-refractivity contribution in [2.24, 2.45) is 0 Å². The number of quaternary nitrogens is 1. The highest BCUT2D eigenvalue weighted by Gasteiger charge is 2.12. The lowest BCUT2D eigenvalue weighted by atomic mass is 10.1. The molecule has 0 aliphatic carbocycles. The predicted molar refractivity (Wildman–Crippen MR) is 77.7 cm³/mol. The van der Waals surface area contributed by atoms with Gasteiger partial charge in [0.05, 0.1) is 18.1 Å². The molecule has 5 heteroatoms. The molecule has 0 saturated carbocycles. The van der Waals surface area contributed by atoms with Crippen molar-refractivity contribution >= 4 is 21.8 Å². The third-order valence-corrected chi connectivity index (χ3v) is 3.37. The van der Waals surface area contributed by atoms with Crippen LogP contribution in [0.15, 0.2) is 22.7 Å². The molecule has 0 unspecified atom stereocenters. The summed E-state index contributed by atoms with van der Waals surface area (Å²) in [5.74, 6) is 3.11. The zero-order valence-electron chi connectivity index (χ0n) is 11.1. The number of hydrogen-bond donors (Lipinski definition) is 2. The van der Waals surface area contributed by atoms with Crippen molar-refractivity contribution in [1.29, 1.82) is 0 Å². The minimum absolute atomic E-state index is 0.0580. The molecule has 0 aliphatic rings. The van der Waals surface area contributed by atoms with Gasteiger partial charge in [-0.2, -0.15) is 0 Å². The molecule has 0 heterocycles. The van der Waals surface area contributed by atoms with E-state index in [0.717, 1.165) is 15.8 Å². The molecule has 102 valence electrons. The molecule has 4 nitrogen and oxygen atoms in total.